The lowest BCUT2D eigenvalue weighted by Gasteiger charge is -2.31. The van der Waals surface area contributed by atoms with Crippen LogP contribution in [0, 0.1) is 29.6 Å². The van der Waals surface area contributed by atoms with E-state index in [9.17, 15) is 18.0 Å². The number of urea groups is 1. The Bertz CT molecular complexity index is 603. The third-order valence-corrected chi connectivity index (χ3v) is 7.27. The fourth-order valence-electron chi connectivity index (χ4n) is 4.83. The average Bonchev–Trinajstić information content (AvgIpc) is 2.87. The van der Waals surface area contributed by atoms with Crippen molar-refractivity contribution < 1.29 is 18.0 Å². The minimum Gasteiger partial charge on any atom is -0.332 e. The Morgan fingerprint density at radius 1 is 1.19 bits per heavy atom. The second-order valence-corrected chi connectivity index (χ2v) is 10.9. The molecule has 1 rings (SSSR count). The maximum Gasteiger partial charge on any atom is 0.328 e. The molecule has 0 aromatic carbocycles. The highest BCUT2D eigenvalue weighted by atomic mass is 32.2. The predicted octanol–water partition coefficient (Wildman–Crippen LogP) is 3.72. The predicted molar refractivity (Wildman–Crippen MR) is 109 cm³/mol. The molecule has 7 heteroatoms. The molecule has 4 atom stereocenters. The van der Waals surface area contributed by atoms with E-state index in [0.717, 1.165) is 32.0 Å². The molecule has 2 amide bonds. The standard InChI is InChI=1S/C20H38N2O4S/c1-7-20(6,12-14(2)3)21-19(24)22-27(25,26)13-17-9-8-16(10-11-23)18(17)15(4)5/h11,14-18H,7-10,12-13H2,1-6H3,(H2,21,22,24)/t16?,17-,18?,20?/m1/s1. The Morgan fingerprint density at radius 2 is 1.78 bits per heavy atom. The lowest BCUT2D eigenvalue weighted by atomic mass is 9.80. The van der Waals surface area contributed by atoms with Gasteiger partial charge < -0.3 is 10.1 Å². The molecule has 1 saturated carbocycles. The molecule has 158 valence electrons. The maximum atomic E-state index is 12.6. The number of carbonyl (C=O) groups excluding carboxylic acids is 2. The number of sulfonamides is 1. The summed E-state index contributed by atoms with van der Waals surface area (Å²) < 4.78 is 27.4. The summed E-state index contributed by atoms with van der Waals surface area (Å²) in [5.74, 6) is 1.05. The van der Waals surface area contributed by atoms with Crippen LogP contribution in [0.25, 0.3) is 0 Å². The first-order valence-electron chi connectivity index (χ1n) is 10.2. The zero-order valence-electron chi connectivity index (χ0n) is 17.7. The Morgan fingerprint density at radius 3 is 2.26 bits per heavy atom. The van der Waals surface area contributed by atoms with Crippen molar-refractivity contribution in [3.8, 4) is 0 Å². The molecule has 0 saturated heterocycles. The molecule has 1 aliphatic carbocycles. The van der Waals surface area contributed by atoms with Crippen LogP contribution in [0.5, 0.6) is 0 Å². The number of nitrogens with one attached hydrogen (secondary N) is 2. The molecule has 0 aromatic heterocycles. The van der Waals surface area contributed by atoms with Gasteiger partial charge in [0.15, 0.2) is 0 Å². The Kier molecular flexibility index (Phi) is 8.77. The number of rotatable bonds is 10. The van der Waals surface area contributed by atoms with Gasteiger partial charge in [0.1, 0.15) is 6.29 Å². The van der Waals surface area contributed by atoms with Gasteiger partial charge in [-0.25, -0.2) is 17.9 Å². The third-order valence-electron chi connectivity index (χ3n) is 5.90. The van der Waals surface area contributed by atoms with E-state index >= 15 is 0 Å². The van der Waals surface area contributed by atoms with Gasteiger partial charge in [-0.05, 0) is 62.2 Å². The monoisotopic (exact) mass is 402 g/mol. The first-order valence-corrected chi connectivity index (χ1v) is 11.8. The fraction of sp³-hybridized carbons (Fsp3) is 0.900. The second-order valence-electron chi connectivity index (χ2n) is 9.17. The summed E-state index contributed by atoms with van der Waals surface area (Å²) in [4.78, 5) is 23.2. The van der Waals surface area contributed by atoms with E-state index in [1.807, 2.05) is 13.8 Å². The normalized spacial score (nSPS) is 25.4. The quantitative estimate of drug-likeness (QED) is 0.545. The van der Waals surface area contributed by atoms with Crippen molar-refractivity contribution >= 4 is 22.3 Å². The summed E-state index contributed by atoms with van der Waals surface area (Å²) in [7, 11) is -3.73. The average molecular weight is 403 g/mol. The van der Waals surface area contributed by atoms with Crippen LogP contribution in [0.2, 0.25) is 0 Å². The Balaban J connectivity index is 2.74. The summed E-state index contributed by atoms with van der Waals surface area (Å²) in [6.07, 6.45) is 4.58. The highest BCUT2D eigenvalue weighted by molar-refractivity contribution is 7.90. The van der Waals surface area contributed by atoms with Crippen molar-refractivity contribution in [3.63, 3.8) is 0 Å². The topological polar surface area (TPSA) is 92.3 Å². The van der Waals surface area contributed by atoms with Crippen LogP contribution < -0.4 is 10.0 Å². The van der Waals surface area contributed by atoms with E-state index < -0.39 is 21.6 Å². The zero-order valence-corrected chi connectivity index (χ0v) is 18.6. The largest absolute Gasteiger partial charge is 0.332 e. The van der Waals surface area contributed by atoms with Crippen molar-refractivity contribution in [2.24, 2.45) is 29.6 Å². The minimum atomic E-state index is -3.73. The van der Waals surface area contributed by atoms with Gasteiger partial charge in [0.25, 0.3) is 0 Å². The lowest BCUT2D eigenvalue weighted by molar-refractivity contribution is -0.109. The molecule has 1 aliphatic rings. The molecular formula is C20H38N2O4S. The molecule has 0 radical (unpaired) electrons. The molecule has 0 bridgehead atoms. The first-order chi connectivity index (χ1) is 12.4. The van der Waals surface area contributed by atoms with Gasteiger partial charge in [0.2, 0.25) is 10.0 Å². The van der Waals surface area contributed by atoms with Crippen LogP contribution in [0.15, 0.2) is 0 Å². The van der Waals surface area contributed by atoms with E-state index in [1.165, 1.54) is 0 Å². The number of hydrogen-bond acceptors (Lipinski definition) is 4. The van der Waals surface area contributed by atoms with Gasteiger partial charge in [-0.15, -0.1) is 0 Å². The molecule has 0 aliphatic heterocycles. The summed E-state index contributed by atoms with van der Waals surface area (Å²) >= 11 is 0. The van der Waals surface area contributed by atoms with Crippen LogP contribution in [-0.2, 0) is 14.8 Å². The molecule has 1 fully saturated rings. The van der Waals surface area contributed by atoms with Crippen molar-refractivity contribution in [2.75, 3.05) is 5.75 Å². The van der Waals surface area contributed by atoms with Gasteiger partial charge >= 0.3 is 6.03 Å². The highest BCUT2D eigenvalue weighted by Gasteiger charge is 2.40. The maximum absolute atomic E-state index is 12.6. The van der Waals surface area contributed by atoms with Crippen molar-refractivity contribution in [1.29, 1.82) is 0 Å². The summed E-state index contributed by atoms with van der Waals surface area (Å²) in [6, 6.07) is -0.650. The molecular weight excluding hydrogens is 364 g/mol. The molecule has 2 N–H and O–H groups in total. The minimum absolute atomic E-state index is 0.0199. The SMILES string of the molecule is CCC(C)(CC(C)C)NC(=O)NS(=O)(=O)C[C@H]1CCC(CC=O)C1C(C)C. The van der Waals surface area contributed by atoms with E-state index in [-0.39, 0.29) is 23.5 Å². The molecule has 3 unspecified atom stereocenters. The van der Waals surface area contributed by atoms with Gasteiger partial charge in [-0.3, -0.25) is 0 Å². The molecule has 0 spiro atoms. The molecule has 0 heterocycles. The first kappa shape index (κ1) is 23.9. The molecule has 6 nitrogen and oxygen atoms in total. The molecule has 27 heavy (non-hydrogen) atoms. The van der Waals surface area contributed by atoms with Crippen LogP contribution >= 0.6 is 0 Å². The number of aldehydes is 1. The van der Waals surface area contributed by atoms with Crippen LogP contribution in [0.4, 0.5) is 4.79 Å². The van der Waals surface area contributed by atoms with Crippen LogP contribution in [0.1, 0.15) is 73.6 Å². The van der Waals surface area contributed by atoms with Crippen molar-refractivity contribution in [1.82, 2.24) is 10.0 Å². The lowest BCUT2D eigenvalue weighted by Crippen LogP contribution is -2.52. The van der Waals surface area contributed by atoms with Crippen molar-refractivity contribution in [3.05, 3.63) is 0 Å². The summed E-state index contributed by atoms with van der Waals surface area (Å²) in [6.45, 7) is 12.2. The van der Waals surface area contributed by atoms with Gasteiger partial charge in [-0.2, -0.15) is 0 Å². The number of carbonyl (C=O) groups is 2. The van der Waals surface area contributed by atoms with Gasteiger partial charge in [-0.1, -0.05) is 34.6 Å². The van der Waals surface area contributed by atoms with E-state index in [0.29, 0.717) is 18.3 Å². The van der Waals surface area contributed by atoms with E-state index in [2.05, 4.69) is 37.7 Å². The number of hydrogen-bond donors (Lipinski definition) is 2. The summed E-state index contributed by atoms with van der Waals surface area (Å²) in [5, 5.41) is 2.84. The second kappa shape index (κ2) is 9.89. The van der Waals surface area contributed by atoms with Crippen molar-refractivity contribution in [2.45, 2.75) is 79.2 Å². The van der Waals surface area contributed by atoms with Gasteiger partial charge in [0, 0.05) is 12.0 Å². The van der Waals surface area contributed by atoms with Crippen LogP contribution in [-0.4, -0.2) is 32.0 Å². The Labute approximate surface area is 165 Å². The van der Waals surface area contributed by atoms with Crippen LogP contribution in [0.3, 0.4) is 0 Å². The Hall–Kier alpha value is -1.11. The smallest absolute Gasteiger partial charge is 0.328 e. The van der Waals surface area contributed by atoms with E-state index in [4.69, 9.17) is 0 Å². The van der Waals surface area contributed by atoms with Gasteiger partial charge in [0.05, 0.1) is 5.75 Å². The number of amides is 2. The summed E-state index contributed by atoms with van der Waals surface area (Å²) in [5.41, 5.74) is -0.434. The zero-order chi connectivity index (χ0) is 20.8. The van der Waals surface area contributed by atoms with E-state index in [1.54, 1.807) is 0 Å². The third kappa shape index (κ3) is 7.43. The highest BCUT2D eigenvalue weighted by Crippen LogP contribution is 2.43. The fourth-order valence-corrected chi connectivity index (χ4v) is 6.20. The molecule has 0 aromatic rings.